The van der Waals surface area contributed by atoms with Gasteiger partial charge in [0.05, 0.1) is 19.8 Å². The molecule has 2 saturated heterocycles. The van der Waals surface area contributed by atoms with E-state index in [2.05, 4.69) is 51.6 Å². The summed E-state index contributed by atoms with van der Waals surface area (Å²) in [6, 6.07) is 9.02. The number of benzene rings is 1. The third-order valence-corrected chi connectivity index (χ3v) is 5.94. The van der Waals surface area contributed by atoms with Crippen LogP contribution in [0, 0.1) is 0 Å². The van der Waals surface area contributed by atoms with Crippen molar-refractivity contribution in [3.05, 3.63) is 35.4 Å². The van der Waals surface area contributed by atoms with E-state index in [1.54, 1.807) is 0 Å². The number of aliphatic imine (C=N–C) groups is 1. The van der Waals surface area contributed by atoms with Crippen LogP contribution in [0.15, 0.2) is 29.3 Å². The van der Waals surface area contributed by atoms with E-state index in [0.29, 0.717) is 6.54 Å². The highest BCUT2D eigenvalue weighted by atomic mass is 127. The van der Waals surface area contributed by atoms with Gasteiger partial charge in [-0.2, -0.15) is 0 Å². The van der Waals surface area contributed by atoms with Crippen LogP contribution in [-0.2, 0) is 17.8 Å². The second kappa shape index (κ2) is 15.8. The minimum Gasteiger partial charge on any atom is -0.379 e. The second-order valence-electron chi connectivity index (χ2n) is 8.44. The molecule has 2 aliphatic rings. The standard InChI is InChI=1S/C24H41N5O.HI/c1-2-25-24(26-12-7-15-28-16-18-30-19-17-28)27-20-22-8-10-23(11-9-22)21-29-13-5-3-4-6-14-29;/h8-11H,2-7,12-21H2,1H3,(H2,25,26,27);1H. The van der Waals surface area contributed by atoms with Gasteiger partial charge in [-0.15, -0.1) is 24.0 Å². The lowest BCUT2D eigenvalue weighted by molar-refractivity contribution is 0.0376. The van der Waals surface area contributed by atoms with Crippen LogP contribution in [0.1, 0.15) is 50.2 Å². The Morgan fingerprint density at radius 2 is 1.58 bits per heavy atom. The lowest BCUT2D eigenvalue weighted by atomic mass is 10.1. The van der Waals surface area contributed by atoms with Crippen LogP contribution in [0.5, 0.6) is 0 Å². The van der Waals surface area contributed by atoms with Crippen molar-refractivity contribution in [3.63, 3.8) is 0 Å². The number of likely N-dealkylation sites (tertiary alicyclic amines) is 1. The Hall–Kier alpha value is -0.900. The predicted octanol–water partition coefficient (Wildman–Crippen LogP) is 3.46. The summed E-state index contributed by atoms with van der Waals surface area (Å²) in [5, 5.41) is 6.84. The van der Waals surface area contributed by atoms with E-state index in [-0.39, 0.29) is 24.0 Å². The van der Waals surface area contributed by atoms with E-state index in [9.17, 15) is 0 Å². The fraction of sp³-hybridized carbons (Fsp3) is 0.708. The van der Waals surface area contributed by atoms with Crippen LogP contribution in [0.4, 0.5) is 0 Å². The smallest absolute Gasteiger partial charge is 0.191 e. The lowest BCUT2D eigenvalue weighted by Crippen LogP contribution is -2.40. The Balaban J connectivity index is 0.00000341. The van der Waals surface area contributed by atoms with Gasteiger partial charge in [0.25, 0.3) is 0 Å². The highest BCUT2D eigenvalue weighted by Crippen LogP contribution is 2.14. The maximum absolute atomic E-state index is 5.41. The van der Waals surface area contributed by atoms with Gasteiger partial charge in [-0.1, -0.05) is 37.1 Å². The summed E-state index contributed by atoms with van der Waals surface area (Å²) >= 11 is 0. The van der Waals surface area contributed by atoms with Gasteiger partial charge in [-0.3, -0.25) is 9.80 Å². The minimum atomic E-state index is 0. The fourth-order valence-corrected chi connectivity index (χ4v) is 4.15. The van der Waals surface area contributed by atoms with Crippen LogP contribution in [0.25, 0.3) is 0 Å². The summed E-state index contributed by atoms with van der Waals surface area (Å²) in [5.41, 5.74) is 2.68. The zero-order chi connectivity index (χ0) is 20.9. The van der Waals surface area contributed by atoms with E-state index >= 15 is 0 Å². The van der Waals surface area contributed by atoms with Crippen LogP contribution >= 0.6 is 24.0 Å². The van der Waals surface area contributed by atoms with E-state index in [0.717, 1.165) is 64.9 Å². The molecule has 7 heteroatoms. The number of hydrogen-bond donors (Lipinski definition) is 2. The molecule has 0 saturated carbocycles. The van der Waals surface area contributed by atoms with Gasteiger partial charge in [-0.25, -0.2) is 4.99 Å². The number of nitrogens with one attached hydrogen (secondary N) is 2. The molecule has 31 heavy (non-hydrogen) atoms. The summed E-state index contributed by atoms with van der Waals surface area (Å²) in [7, 11) is 0. The van der Waals surface area contributed by atoms with E-state index in [1.807, 2.05) is 0 Å². The first-order valence-corrected chi connectivity index (χ1v) is 12.0. The summed E-state index contributed by atoms with van der Waals surface area (Å²) < 4.78 is 5.41. The molecule has 3 rings (SSSR count). The number of rotatable bonds is 9. The van der Waals surface area contributed by atoms with Crippen molar-refractivity contribution in [3.8, 4) is 0 Å². The molecule has 2 heterocycles. The maximum Gasteiger partial charge on any atom is 0.191 e. The van der Waals surface area contributed by atoms with Crippen molar-refractivity contribution in [2.75, 3.05) is 59.0 Å². The summed E-state index contributed by atoms with van der Waals surface area (Å²) in [6.45, 7) is 13.2. The molecule has 6 nitrogen and oxygen atoms in total. The molecule has 2 N–H and O–H groups in total. The highest BCUT2D eigenvalue weighted by molar-refractivity contribution is 14.0. The molecule has 0 aliphatic carbocycles. The molecule has 2 fully saturated rings. The highest BCUT2D eigenvalue weighted by Gasteiger charge is 2.10. The number of guanidine groups is 1. The van der Waals surface area contributed by atoms with Gasteiger partial charge in [0.1, 0.15) is 0 Å². The van der Waals surface area contributed by atoms with Crippen molar-refractivity contribution in [1.29, 1.82) is 0 Å². The molecule has 0 atom stereocenters. The fourth-order valence-electron chi connectivity index (χ4n) is 4.15. The van der Waals surface area contributed by atoms with Crippen molar-refractivity contribution in [1.82, 2.24) is 20.4 Å². The van der Waals surface area contributed by atoms with E-state index in [1.165, 1.54) is 49.9 Å². The topological polar surface area (TPSA) is 52.1 Å². The Morgan fingerprint density at radius 3 is 2.26 bits per heavy atom. The number of ether oxygens (including phenoxy) is 1. The molecular weight excluding hydrogens is 501 g/mol. The molecule has 2 aliphatic heterocycles. The Kier molecular flexibility index (Phi) is 13.5. The first-order valence-electron chi connectivity index (χ1n) is 12.0. The number of nitrogens with zero attached hydrogens (tertiary/aromatic N) is 3. The molecule has 0 radical (unpaired) electrons. The largest absolute Gasteiger partial charge is 0.379 e. The van der Waals surface area contributed by atoms with Crippen molar-refractivity contribution in [2.24, 2.45) is 4.99 Å². The molecule has 0 aromatic heterocycles. The Bertz CT molecular complexity index is 611. The normalized spacial score (nSPS) is 18.8. The van der Waals surface area contributed by atoms with Crippen LogP contribution in [-0.4, -0.2) is 74.8 Å². The molecular formula is C24H42IN5O. The van der Waals surface area contributed by atoms with Gasteiger partial charge < -0.3 is 15.4 Å². The SMILES string of the molecule is CCNC(=NCc1ccc(CN2CCCCCC2)cc1)NCCCN1CCOCC1.I. The molecule has 0 unspecified atom stereocenters. The molecule has 0 bridgehead atoms. The Morgan fingerprint density at radius 1 is 0.903 bits per heavy atom. The van der Waals surface area contributed by atoms with Crippen LogP contribution in [0.2, 0.25) is 0 Å². The van der Waals surface area contributed by atoms with Gasteiger partial charge >= 0.3 is 0 Å². The summed E-state index contributed by atoms with van der Waals surface area (Å²) in [6.07, 6.45) is 6.60. The summed E-state index contributed by atoms with van der Waals surface area (Å²) in [4.78, 5) is 9.85. The average molecular weight is 544 g/mol. The average Bonchev–Trinajstić information content (AvgIpc) is 3.05. The van der Waals surface area contributed by atoms with Crippen LogP contribution < -0.4 is 10.6 Å². The monoisotopic (exact) mass is 543 g/mol. The second-order valence-corrected chi connectivity index (χ2v) is 8.44. The van der Waals surface area contributed by atoms with Crippen molar-refractivity contribution >= 4 is 29.9 Å². The molecule has 0 amide bonds. The summed E-state index contributed by atoms with van der Waals surface area (Å²) in [5.74, 6) is 0.910. The van der Waals surface area contributed by atoms with Gasteiger partial charge in [0, 0.05) is 32.7 Å². The van der Waals surface area contributed by atoms with Gasteiger partial charge in [0.15, 0.2) is 5.96 Å². The number of hydrogen-bond acceptors (Lipinski definition) is 4. The zero-order valence-electron chi connectivity index (χ0n) is 19.3. The first-order chi connectivity index (χ1) is 14.8. The zero-order valence-corrected chi connectivity index (χ0v) is 21.6. The van der Waals surface area contributed by atoms with E-state index < -0.39 is 0 Å². The Labute approximate surface area is 206 Å². The van der Waals surface area contributed by atoms with Crippen molar-refractivity contribution in [2.45, 2.75) is 52.1 Å². The van der Waals surface area contributed by atoms with E-state index in [4.69, 9.17) is 9.73 Å². The van der Waals surface area contributed by atoms with Gasteiger partial charge in [-0.05, 0) is 56.9 Å². The number of halogens is 1. The molecule has 0 spiro atoms. The maximum atomic E-state index is 5.41. The number of morpholine rings is 1. The molecule has 176 valence electrons. The van der Waals surface area contributed by atoms with Crippen LogP contribution in [0.3, 0.4) is 0 Å². The molecule has 1 aromatic carbocycles. The van der Waals surface area contributed by atoms with Gasteiger partial charge in [0.2, 0.25) is 0 Å². The van der Waals surface area contributed by atoms with Crippen molar-refractivity contribution < 1.29 is 4.74 Å². The first kappa shape index (κ1) is 26.4. The molecule has 1 aromatic rings. The lowest BCUT2D eigenvalue weighted by Gasteiger charge is -2.26. The third-order valence-electron chi connectivity index (χ3n) is 5.94. The predicted molar refractivity (Wildman–Crippen MR) is 140 cm³/mol. The quantitative estimate of drug-likeness (QED) is 0.216. The minimum absolute atomic E-state index is 0. The third kappa shape index (κ3) is 10.5.